The van der Waals surface area contributed by atoms with Crippen LogP contribution >= 0.6 is 11.8 Å². The van der Waals surface area contributed by atoms with Crippen molar-refractivity contribution in [2.45, 2.75) is 18.0 Å². The van der Waals surface area contributed by atoms with Gasteiger partial charge in [0.15, 0.2) is 0 Å². The molecule has 0 bridgehead atoms. The smallest absolute Gasteiger partial charge is 0.372 e. The number of hydrogen-bond acceptors (Lipinski definition) is 5. The van der Waals surface area contributed by atoms with Crippen LogP contribution < -0.4 is 5.32 Å². The highest BCUT2D eigenvalue weighted by Crippen LogP contribution is 2.36. The van der Waals surface area contributed by atoms with Gasteiger partial charge in [0, 0.05) is 26.4 Å². The number of anilines is 1. The van der Waals surface area contributed by atoms with Gasteiger partial charge in [0.2, 0.25) is 0 Å². The number of nitrogens with zero attached hydrogens (tertiary/aromatic N) is 5. The van der Waals surface area contributed by atoms with E-state index in [0.717, 1.165) is 28.9 Å². The second-order valence-corrected chi connectivity index (χ2v) is 6.27. The number of nitrogens with one attached hydrogen (secondary N) is 1. The summed E-state index contributed by atoms with van der Waals surface area (Å²) in [5, 5.41) is 7.54. The van der Waals surface area contributed by atoms with Crippen LogP contribution in [0.15, 0.2) is 23.5 Å². The third kappa shape index (κ3) is 2.81. The monoisotopic (exact) mass is 356 g/mol. The van der Waals surface area contributed by atoms with Crippen LogP contribution in [0.4, 0.5) is 19.0 Å². The van der Waals surface area contributed by atoms with Gasteiger partial charge >= 0.3 is 6.18 Å². The van der Waals surface area contributed by atoms with Crippen LogP contribution in [0.1, 0.15) is 12.6 Å². The molecule has 10 heteroatoms. The summed E-state index contributed by atoms with van der Waals surface area (Å²) in [6, 6.07) is 0.929. The van der Waals surface area contributed by atoms with E-state index in [2.05, 4.69) is 20.4 Å². The lowest BCUT2D eigenvalue weighted by molar-refractivity contribution is -0.141. The van der Waals surface area contributed by atoms with Gasteiger partial charge < -0.3 is 5.32 Å². The van der Waals surface area contributed by atoms with Gasteiger partial charge in [-0.2, -0.15) is 18.3 Å². The second-order valence-electron chi connectivity index (χ2n) is 5.00. The number of aryl methyl sites for hydroxylation is 1. The molecule has 3 aromatic rings. The molecular weight excluding hydrogens is 341 g/mol. The molecule has 0 aliphatic heterocycles. The van der Waals surface area contributed by atoms with Crippen molar-refractivity contribution in [3.05, 3.63) is 24.3 Å². The topological polar surface area (TPSA) is 60.0 Å². The number of thioether (sulfide) groups is 1. The molecule has 1 N–H and O–H groups in total. The van der Waals surface area contributed by atoms with E-state index in [-0.39, 0.29) is 5.65 Å². The molecule has 0 amide bonds. The Kier molecular flexibility index (Phi) is 4.16. The molecule has 0 unspecified atom stereocenters. The number of fused-ring (bicyclic) bond motifs is 1. The fourth-order valence-corrected chi connectivity index (χ4v) is 3.33. The lowest BCUT2D eigenvalue weighted by Crippen LogP contribution is -2.08. The van der Waals surface area contributed by atoms with Gasteiger partial charge in [0.1, 0.15) is 34.9 Å². The molecule has 3 aromatic heterocycles. The van der Waals surface area contributed by atoms with Gasteiger partial charge in [0.25, 0.3) is 0 Å². The van der Waals surface area contributed by atoms with E-state index in [1.807, 2.05) is 6.92 Å². The third-order valence-electron chi connectivity index (χ3n) is 3.41. The zero-order valence-corrected chi connectivity index (χ0v) is 14.0. The van der Waals surface area contributed by atoms with Crippen LogP contribution in [0.3, 0.4) is 0 Å². The van der Waals surface area contributed by atoms with E-state index in [1.165, 1.54) is 4.40 Å². The van der Waals surface area contributed by atoms with Crippen LogP contribution in [-0.4, -0.2) is 36.9 Å². The molecule has 0 aromatic carbocycles. The van der Waals surface area contributed by atoms with Crippen molar-refractivity contribution in [3.8, 4) is 11.4 Å². The Labute approximate surface area is 140 Å². The Morgan fingerprint density at radius 3 is 2.71 bits per heavy atom. The minimum atomic E-state index is -4.50. The first-order chi connectivity index (χ1) is 11.3. The number of hydrogen-bond donors (Lipinski definition) is 1. The van der Waals surface area contributed by atoms with Crippen LogP contribution in [0.2, 0.25) is 0 Å². The summed E-state index contributed by atoms with van der Waals surface area (Å²) in [6.07, 6.45) is -1.76. The van der Waals surface area contributed by atoms with Gasteiger partial charge in [-0.1, -0.05) is 6.92 Å². The molecule has 0 aliphatic rings. The number of halogens is 3. The molecule has 0 saturated heterocycles. The number of alkyl halides is 3. The lowest BCUT2D eigenvalue weighted by Gasteiger charge is -2.04. The molecule has 0 atom stereocenters. The van der Waals surface area contributed by atoms with E-state index >= 15 is 0 Å². The summed E-state index contributed by atoms with van der Waals surface area (Å²) < 4.78 is 41.5. The summed E-state index contributed by atoms with van der Waals surface area (Å²) in [6.45, 7) is 2.02. The lowest BCUT2D eigenvalue weighted by atomic mass is 10.3. The van der Waals surface area contributed by atoms with Gasteiger partial charge in [-0.05, 0) is 5.75 Å². The van der Waals surface area contributed by atoms with Gasteiger partial charge in [-0.15, -0.1) is 11.8 Å². The average molecular weight is 356 g/mol. The van der Waals surface area contributed by atoms with Crippen LogP contribution in [0.5, 0.6) is 0 Å². The first-order valence-electron chi connectivity index (χ1n) is 7.15. The van der Waals surface area contributed by atoms with Gasteiger partial charge in [-0.3, -0.25) is 9.08 Å². The van der Waals surface area contributed by atoms with Crippen LogP contribution in [0, 0.1) is 0 Å². The molecule has 0 spiro atoms. The fraction of sp³-hybridized carbons (Fsp3) is 0.357. The maximum atomic E-state index is 12.8. The molecule has 0 radical (unpaired) electrons. The van der Waals surface area contributed by atoms with Gasteiger partial charge in [0.05, 0.1) is 4.90 Å². The highest BCUT2D eigenvalue weighted by Gasteiger charge is 2.33. The maximum Gasteiger partial charge on any atom is 0.433 e. The Morgan fingerprint density at radius 2 is 2.08 bits per heavy atom. The zero-order chi connectivity index (χ0) is 17.5. The highest BCUT2D eigenvalue weighted by atomic mass is 32.2. The summed E-state index contributed by atoms with van der Waals surface area (Å²) in [5.41, 5.74) is 0.346. The van der Waals surface area contributed by atoms with Crippen molar-refractivity contribution in [2.24, 2.45) is 7.05 Å². The molecule has 24 heavy (non-hydrogen) atoms. The SMILES string of the molecule is CCSc1c(-c2cn3cnc(C(F)(F)F)cc3n2)nn(C)c1NC. The summed E-state index contributed by atoms with van der Waals surface area (Å²) in [4.78, 5) is 8.64. The van der Waals surface area contributed by atoms with Crippen molar-refractivity contribution < 1.29 is 13.2 Å². The molecular formula is C14H15F3N6S. The standard InChI is InChI=1S/C14H15F3N6S/c1-4-24-12-11(21-22(3)13(12)18-2)8-6-23-7-19-9(14(15,16)17)5-10(23)20-8/h5-7,18H,4H2,1-3H3. The second kappa shape index (κ2) is 6.00. The van der Waals surface area contributed by atoms with E-state index in [1.54, 1.807) is 36.7 Å². The fourth-order valence-electron chi connectivity index (χ4n) is 2.39. The van der Waals surface area contributed by atoms with Crippen LogP contribution in [0.25, 0.3) is 17.0 Å². The minimum absolute atomic E-state index is 0.177. The number of imidazole rings is 1. The first kappa shape index (κ1) is 16.6. The van der Waals surface area contributed by atoms with Crippen molar-refractivity contribution in [2.75, 3.05) is 18.1 Å². The van der Waals surface area contributed by atoms with E-state index in [0.29, 0.717) is 11.4 Å². The summed E-state index contributed by atoms with van der Waals surface area (Å²) in [5.74, 6) is 1.67. The maximum absolute atomic E-state index is 12.8. The third-order valence-corrected chi connectivity index (χ3v) is 4.37. The summed E-state index contributed by atoms with van der Waals surface area (Å²) in [7, 11) is 3.60. The van der Waals surface area contributed by atoms with Crippen molar-refractivity contribution in [1.29, 1.82) is 0 Å². The molecule has 0 aliphatic carbocycles. The summed E-state index contributed by atoms with van der Waals surface area (Å²) >= 11 is 1.60. The number of aromatic nitrogens is 5. The average Bonchev–Trinajstić information content (AvgIpc) is 3.06. The minimum Gasteiger partial charge on any atom is -0.372 e. The zero-order valence-electron chi connectivity index (χ0n) is 13.2. The van der Waals surface area contributed by atoms with Gasteiger partial charge in [-0.25, -0.2) is 9.97 Å². The van der Waals surface area contributed by atoms with E-state index < -0.39 is 11.9 Å². The Balaban J connectivity index is 2.13. The van der Waals surface area contributed by atoms with Crippen LogP contribution in [-0.2, 0) is 13.2 Å². The Bertz CT molecular complexity index is 883. The Hall–Kier alpha value is -2.23. The highest BCUT2D eigenvalue weighted by molar-refractivity contribution is 7.99. The molecule has 0 fully saturated rings. The normalized spacial score (nSPS) is 12.1. The molecule has 3 heterocycles. The molecule has 128 valence electrons. The predicted octanol–water partition coefficient (Wildman–Crippen LogP) is 3.30. The molecule has 3 rings (SSSR count). The van der Waals surface area contributed by atoms with Crippen molar-refractivity contribution >= 4 is 23.2 Å². The quantitative estimate of drug-likeness (QED) is 0.727. The predicted molar refractivity (Wildman–Crippen MR) is 86.1 cm³/mol. The van der Waals surface area contributed by atoms with Crippen molar-refractivity contribution in [1.82, 2.24) is 24.1 Å². The van der Waals surface area contributed by atoms with E-state index in [4.69, 9.17) is 0 Å². The largest absolute Gasteiger partial charge is 0.433 e. The van der Waals surface area contributed by atoms with Crippen molar-refractivity contribution in [3.63, 3.8) is 0 Å². The molecule has 0 saturated carbocycles. The number of rotatable bonds is 4. The Morgan fingerprint density at radius 1 is 1.33 bits per heavy atom. The first-order valence-corrected chi connectivity index (χ1v) is 8.13. The molecule has 6 nitrogen and oxygen atoms in total. The van der Waals surface area contributed by atoms with E-state index in [9.17, 15) is 13.2 Å².